The van der Waals surface area contributed by atoms with Crippen LogP contribution in [0.3, 0.4) is 0 Å². The van der Waals surface area contributed by atoms with Gasteiger partial charge in [0.05, 0.1) is 24.3 Å². The summed E-state index contributed by atoms with van der Waals surface area (Å²) in [5.74, 6) is -4.12. The summed E-state index contributed by atoms with van der Waals surface area (Å²) in [7, 11) is 1.49. The van der Waals surface area contributed by atoms with Crippen molar-refractivity contribution in [3.05, 3.63) is 77.3 Å². The zero-order valence-corrected chi connectivity index (χ0v) is 23.0. The molecule has 0 fully saturated rings. The zero-order valence-electron chi connectivity index (χ0n) is 23.0. The van der Waals surface area contributed by atoms with E-state index in [2.05, 4.69) is 5.10 Å². The molecule has 2 aromatic carbocycles. The van der Waals surface area contributed by atoms with Crippen molar-refractivity contribution in [2.45, 2.75) is 65.2 Å². The predicted octanol–water partition coefficient (Wildman–Crippen LogP) is 4.85. The van der Waals surface area contributed by atoms with Crippen LogP contribution in [0.4, 0.5) is 18.9 Å². The number of rotatable bonds is 14. The lowest BCUT2D eigenvalue weighted by Gasteiger charge is -2.26. The molecule has 1 amide bonds. The smallest absolute Gasteiger partial charge is 0.305 e. The maximum absolute atomic E-state index is 13.7. The standard InChI is InChI=1S/C29H36F3N3O5/c1-18(2)13-23(10-11-24(36)15-25(37)16-28(38)39)35(22-8-6-21(30)7-9-22)33-19(3)29(40)34(4)17-20-5-12-26(31)27(32)14-20/h5-9,12-14,18,24-25,36-37H,10-11,15-17H2,1-4H3,(H,38,39)/b23-13+,33-19+. The van der Waals surface area contributed by atoms with Crippen LogP contribution >= 0.6 is 0 Å². The van der Waals surface area contributed by atoms with Crippen molar-refractivity contribution < 1.29 is 38.1 Å². The fourth-order valence-electron chi connectivity index (χ4n) is 4.00. The molecule has 0 aromatic heterocycles. The van der Waals surface area contributed by atoms with Crippen LogP contribution in [0, 0.1) is 23.4 Å². The minimum Gasteiger partial charge on any atom is -0.481 e. The van der Waals surface area contributed by atoms with Gasteiger partial charge in [0.1, 0.15) is 11.5 Å². The molecule has 0 saturated heterocycles. The van der Waals surface area contributed by atoms with Gasteiger partial charge in [-0.1, -0.05) is 26.0 Å². The first-order valence-corrected chi connectivity index (χ1v) is 12.9. The second-order valence-corrected chi connectivity index (χ2v) is 9.97. The summed E-state index contributed by atoms with van der Waals surface area (Å²) >= 11 is 0. The Morgan fingerprint density at radius 2 is 1.65 bits per heavy atom. The molecular weight excluding hydrogens is 527 g/mol. The molecule has 0 spiro atoms. The number of carboxylic acids is 1. The molecule has 2 aromatic rings. The molecule has 0 aliphatic heterocycles. The SMILES string of the molecule is C/C(=N\N(/C(=C/C(C)C)CCC(O)CC(O)CC(=O)O)c1ccc(F)cc1)C(=O)N(C)Cc1ccc(F)c(F)c1. The van der Waals surface area contributed by atoms with E-state index < -0.39 is 48.0 Å². The predicted molar refractivity (Wildman–Crippen MR) is 146 cm³/mol. The molecule has 0 saturated carbocycles. The Morgan fingerprint density at radius 3 is 2.23 bits per heavy atom. The highest BCUT2D eigenvalue weighted by Gasteiger charge is 2.21. The summed E-state index contributed by atoms with van der Waals surface area (Å²) in [6.07, 6.45) is -0.562. The Labute approximate surface area is 232 Å². The minimum atomic E-state index is -1.21. The number of carboxylic acid groups (broad SMARTS) is 1. The number of aliphatic hydroxyl groups is 2. The molecule has 218 valence electrons. The number of hydrogen-bond donors (Lipinski definition) is 3. The fourth-order valence-corrected chi connectivity index (χ4v) is 4.00. The van der Waals surface area contributed by atoms with E-state index in [0.717, 1.165) is 12.1 Å². The maximum atomic E-state index is 13.7. The molecule has 40 heavy (non-hydrogen) atoms. The van der Waals surface area contributed by atoms with Gasteiger partial charge in [0.2, 0.25) is 0 Å². The number of amides is 1. The Morgan fingerprint density at radius 1 is 1.00 bits per heavy atom. The second-order valence-electron chi connectivity index (χ2n) is 9.97. The largest absolute Gasteiger partial charge is 0.481 e. The highest BCUT2D eigenvalue weighted by molar-refractivity contribution is 6.37. The summed E-state index contributed by atoms with van der Waals surface area (Å²) in [6.45, 7) is 5.34. The van der Waals surface area contributed by atoms with Crippen LogP contribution in [0.1, 0.15) is 52.0 Å². The lowest BCUT2D eigenvalue weighted by molar-refractivity contribution is -0.139. The Hall–Kier alpha value is -3.70. The van der Waals surface area contributed by atoms with Crippen molar-refractivity contribution in [2.24, 2.45) is 11.0 Å². The van der Waals surface area contributed by atoms with Gasteiger partial charge in [0.25, 0.3) is 5.91 Å². The Bertz CT molecular complexity index is 1220. The third-order valence-electron chi connectivity index (χ3n) is 5.87. The van der Waals surface area contributed by atoms with Gasteiger partial charge < -0.3 is 20.2 Å². The summed E-state index contributed by atoms with van der Waals surface area (Å²) in [5.41, 5.74) is 1.48. The van der Waals surface area contributed by atoms with Crippen LogP contribution in [0.5, 0.6) is 0 Å². The highest BCUT2D eigenvalue weighted by atomic mass is 19.2. The molecule has 0 radical (unpaired) electrons. The van der Waals surface area contributed by atoms with Crippen LogP contribution < -0.4 is 5.01 Å². The van der Waals surface area contributed by atoms with Gasteiger partial charge in [-0.2, -0.15) is 5.10 Å². The molecule has 2 unspecified atom stereocenters. The van der Waals surface area contributed by atoms with Gasteiger partial charge in [-0.15, -0.1) is 0 Å². The number of carbonyl (C=O) groups excluding carboxylic acids is 1. The first kappa shape index (κ1) is 32.5. The average molecular weight is 564 g/mol. The number of anilines is 1. The number of hydrazone groups is 1. The number of allylic oxidation sites excluding steroid dienone is 2. The number of benzene rings is 2. The van der Waals surface area contributed by atoms with Gasteiger partial charge in [-0.05, 0) is 74.1 Å². The average Bonchev–Trinajstić information content (AvgIpc) is 2.86. The lowest BCUT2D eigenvalue weighted by Crippen LogP contribution is -2.33. The van der Waals surface area contributed by atoms with Crippen molar-refractivity contribution >= 4 is 23.3 Å². The molecule has 2 rings (SSSR count). The minimum absolute atomic E-state index is 0.000998. The van der Waals surface area contributed by atoms with E-state index in [9.17, 15) is 33.0 Å². The van der Waals surface area contributed by atoms with Gasteiger partial charge in [-0.25, -0.2) is 18.2 Å². The van der Waals surface area contributed by atoms with E-state index in [-0.39, 0.29) is 37.4 Å². The first-order valence-electron chi connectivity index (χ1n) is 12.9. The zero-order chi connectivity index (χ0) is 30.0. The molecule has 0 bridgehead atoms. The highest BCUT2D eigenvalue weighted by Crippen LogP contribution is 2.26. The molecule has 0 heterocycles. The lowest BCUT2D eigenvalue weighted by atomic mass is 10.0. The van der Waals surface area contributed by atoms with Crippen molar-refractivity contribution in [2.75, 3.05) is 12.1 Å². The number of hydrogen-bond acceptors (Lipinski definition) is 6. The van der Waals surface area contributed by atoms with E-state index in [0.29, 0.717) is 16.9 Å². The Kier molecular flexibility index (Phi) is 12.3. The number of halogens is 3. The number of aliphatic carboxylic acids is 1. The number of aliphatic hydroxyl groups excluding tert-OH is 2. The molecule has 0 aliphatic carbocycles. The van der Waals surface area contributed by atoms with Gasteiger partial charge in [0.15, 0.2) is 11.6 Å². The summed E-state index contributed by atoms with van der Waals surface area (Å²) in [4.78, 5) is 25.3. The van der Waals surface area contributed by atoms with Crippen LogP contribution in [0.25, 0.3) is 0 Å². The fraction of sp³-hybridized carbons (Fsp3) is 0.414. The van der Waals surface area contributed by atoms with E-state index >= 15 is 0 Å². The topological polar surface area (TPSA) is 114 Å². The van der Waals surface area contributed by atoms with Crippen molar-refractivity contribution in [3.8, 4) is 0 Å². The molecular formula is C29H36F3N3O5. The summed E-state index contributed by atoms with van der Waals surface area (Å²) < 4.78 is 40.6. The van der Waals surface area contributed by atoms with Crippen molar-refractivity contribution in [3.63, 3.8) is 0 Å². The third kappa shape index (κ3) is 10.5. The summed E-state index contributed by atoms with van der Waals surface area (Å²) in [5, 5.41) is 35.1. The molecule has 11 heteroatoms. The molecule has 0 aliphatic rings. The van der Waals surface area contributed by atoms with Crippen LogP contribution in [0.15, 0.2) is 59.3 Å². The second kappa shape index (κ2) is 15.2. The molecule has 2 atom stereocenters. The van der Waals surface area contributed by atoms with E-state index in [1.165, 1.54) is 54.2 Å². The van der Waals surface area contributed by atoms with Gasteiger partial charge in [0, 0.05) is 19.3 Å². The molecule has 8 nitrogen and oxygen atoms in total. The van der Waals surface area contributed by atoms with Crippen LogP contribution in [-0.4, -0.2) is 57.1 Å². The van der Waals surface area contributed by atoms with E-state index in [4.69, 9.17) is 5.11 Å². The normalized spacial score (nSPS) is 13.8. The van der Waals surface area contributed by atoms with E-state index in [1.807, 2.05) is 19.9 Å². The van der Waals surface area contributed by atoms with Crippen LogP contribution in [-0.2, 0) is 16.1 Å². The van der Waals surface area contributed by atoms with Crippen molar-refractivity contribution in [1.29, 1.82) is 0 Å². The molecule has 3 N–H and O–H groups in total. The Balaban J connectivity index is 2.33. The first-order chi connectivity index (χ1) is 18.8. The quantitative estimate of drug-likeness (QED) is 0.224. The van der Waals surface area contributed by atoms with E-state index in [1.54, 1.807) is 0 Å². The monoisotopic (exact) mass is 563 g/mol. The number of carbonyl (C=O) groups is 2. The number of nitrogens with zero attached hydrogens (tertiary/aromatic N) is 3. The van der Waals surface area contributed by atoms with Gasteiger partial charge >= 0.3 is 5.97 Å². The third-order valence-corrected chi connectivity index (χ3v) is 5.87. The summed E-state index contributed by atoms with van der Waals surface area (Å²) in [6, 6.07) is 8.84. The van der Waals surface area contributed by atoms with Gasteiger partial charge in [-0.3, -0.25) is 9.59 Å². The van der Waals surface area contributed by atoms with Crippen LogP contribution in [0.2, 0.25) is 0 Å². The maximum Gasteiger partial charge on any atom is 0.305 e. The van der Waals surface area contributed by atoms with Crippen molar-refractivity contribution in [1.82, 2.24) is 4.90 Å².